The molecule has 0 aliphatic carbocycles. The Bertz CT molecular complexity index is 1660. The second-order valence-corrected chi connectivity index (χ2v) is 15.7. The lowest BCUT2D eigenvalue weighted by Gasteiger charge is -2.22. The minimum atomic E-state index is -0.515. The third-order valence-electron chi connectivity index (χ3n) is 8.93. The van der Waals surface area contributed by atoms with Crippen molar-refractivity contribution >= 4 is 34.6 Å². The van der Waals surface area contributed by atoms with Crippen LogP contribution >= 0.6 is 0 Å². The van der Waals surface area contributed by atoms with Gasteiger partial charge in [-0.25, -0.2) is 0 Å². The summed E-state index contributed by atoms with van der Waals surface area (Å²) in [5.74, 6) is 0.964. The quantitative estimate of drug-likeness (QED) is 0.159. The number of phenolic OH excluding ortho intramolecular Hbond substituents is 1. The molecule has 0 aromatic heterocycles. The zero-order chi connectivity index (χ0) is 39.5. The van der Waals surface area contributed by atoms with Crippen molar-refractivity contribution < 1.29 is 48.0 Å². The van der Waals surface area contributed by atoms with Crippen LogP contribution in [0.15, 0.2) is 60.7 Å². The maximum atomic E-state index is 12.1. The molecule has 0 spiro atoms. The molecule has 1 heterocycles. The lowest BCUT2D eigenvalue weighted by atomic mass is 9.90. The number of hydrogen-bond donors (Lipinski definition) is 1. The summed E-state index contributed by atoms with van der Waals surface area (Å²) in [4.78, 5) is 46.3. The number of fused-ring (bicyclic) bond motifs is 1. The smallest absolute Gasteiger partial charge is 0.316 e. The van der Waals surface area contributed by atoms with Crippen LogP contribution in [-0.2, 0) is 28.7 Å². The molecule has 10 heteroatoms. The van der Waals surface area contributed by atoms with Gasteiger partial charge in [-0.2, -0.15) is 0 Å². The summed E-state index contributed by atoms with van der Waals surface area (Å²) >= 11 is 0. The highest BCUT2D eigenvalue weighted by atomic mass is 16.6. The summed E-state index contributed by atoms with van der Waals surface area (Å²) in [6.07, 6.45) is 1.97. The predicted octanol–water partition coefficient (Wildman–Crippen LogP) is 9.37. The third kappa shape index (κ3) is 13.2. The van der Waals surface area contributed by atoms with E-state index in [0.717, 1.165) is 17.6 Å². The third-order valence-corrected chi connectivity index (χ3v) is 8.93. The Kier molecular flexibility index (Phi) is 15.3. The van der Waals surface area contributed by atoms with Crippen LogP contribution < -0.4 is 14.2 Å². The Morgan fingerprint density at radius 3 is 1.65 bits per heavy atom. The van der Waals surface area contributed by atoms with E-state index >= 15 is 0 Å². The first-order valence-corrected chi connectivity index (χ1v) is 17.9. The van der Waals surface area contributed by atoms with Crippen LogP contribution in [-0.4, -0.2) is 47.3 Å². The van der Waals surface area contributed by atoms with Crippen molar-refractivity contribution in [2.45, 2.75) is 120 Å². The molecule has 1 unspecified atom stereocenters. The van der Waals surface area contributed by atoms with Crippen LogP contribution in [0.5, 0.6) is 23.0 Å². The van der Waals surface area contributed by atoms with Gasteiger partial charge >= 0.3 is 23.9 Å². The zero-order valence-corrected chi connectivity index (χ0v) is 33.0. The Morgan fingerprint density at radius 1 is 0.673 bits per heavy atom. The molecule has 1 aliphatic heterocycles. The summed E-state index contributed by atoms with van der Waals surface area (Å²) in [6, 6.07) is 17.6. The Morgan fingerprint density at radius 2 is 1.15 bits per heavy atom. The lowest BCUT2D eigenvalue weighted by molar-refractivity contribution is -0.159. The standard InChI is InChI=1S/C16H18O3.C16H24O3.C10H16O4/c1-4-16(2,3)15(18)19-14-10-6-7-11-12(14)8-5-9-13(11)17;1-7-16(5,6)14(17)18-12-8-10-13(11-9-12)19-15(2,3)4;1-4-10(2,3)9(12)14-7-5-8(11)13-6-7/h5-10,17H,4H2,1-3H3;8-11H,7H2,1-6H3;7H,4-6H2,1-3H3. The maximum absolute atomic E-state index is 12.1. The molecule has 1 N–H and O–H groups in total. The maximum Gasteiger partial charge on any atom is 0.316 e. The van der Waals surface area contributed by atoms with Gasteiger partial charge in [0.1, 0.15) is 41.3 Å². The number of hydrogen-bond acceptors (Lipinski definition) is 10. The van der Waals surface area contributed by atoms with Gasteiger partial charge in [0, 0.05) is 10.8 Å². The van der Waals surface area contributed by atoms with Crippen molar-refractivity contribution in [1.29, 1.82) is 0 Å². The van der Waals surface area contributed by atoms with Crippen molar-refractivity contribution in [2.24, 2.45) is 16.2 Å². The fraction of sp³-hybridized carbons (Fsp3) is 0.524. The number of carbonyl (C=O) groups is 4. The van der Waals surface area contributed by atoms with E-state index in [2.05, 4.69) is 0 Å². The van der Waals surface area contributed by atoms with E-state index < -0.39 is 16.2 Å². The number of benzene rings is 3. The average molecular weight is 723 g/mol. The molecular weight excluding hydrogens is 664 g/mol. The molecule has 1 atom stereocenters. The molecule has 4 rings (SSSR count). The van der Waals surface area contributed by atoms with E-state index in [-0.39, 0.29) is 54.4 Å². The summed E-state index contributed by atoms with van der Waals surface area (Å²) in [5, 5.41) is 11.2. The second kappa shape index (κ2) is 18.2. The van der Waals surface area contributed by atoms with Gasteiger partial charge in [-0.15, -0.1) is 0 Å². The molecule has 1 fully saturated rings. The molecule has 1 saturated heterocycles. The first-order chi connectivity index (χ1) is 24.0. The van der Waals surface area contributed by atoms with Gasteiger partial charge < -0.3 is 28.8 Å². The fourth-order valence-electron chi connectivity index (χ4n) is 4.08. The van der Waals surface area contributed by atoms with Crippen molar-refractivity contribution in [2.75, 3.05) is 6.61 Å². The van der Waals surface area contributed by atoms with Crippen molar-refractivity contribution in [3.05, 3.63) is 60.7 Å². The van der Waals surface area contributed by atoms with Crippen LogP contribution in [0.1, 0.15) is 109 Å². The van der Waals surface area contributed by atoms with Crippen molar-refractivity contribution in [3.63, 3.8) is 0 Å². The average Bonchev–Trinajstić information content (AvgIpc) is 3.49. The lowest BCUT2D eigenvalue weighted by Crippen LogP contribution is -2.30. The van der Waals surface area contributed by atoms with Gasteiger partial charge in [-0.05, 0) is 118 Å². The fourth-order valence-corrected chi connectivity index (χ4v) is 4.08. The number of rotatable bonds is 10. The van der Waals surface area contributed by atoms with Crippen LogP contribution in [0.2, 0.25) is 0 Å². The van der Waals surface area contributed by atoms with Gasteiger partial charge in [-0.3, -0.25) is 19.2 Å². The number of cyclic esters (lactones) is 1. The van der Waals surface area contributed by atoms with Gasteiger partial charge in [0.15, 0.2) is 0 Å². The highest BCUT2D eigenvalue weighted by molar-refractivity contribution is 5.94. The normalized spacial score (nSPS) is 14.5. The van der Waals surface area contributed by atoms with Crippen LogP contribution in [0.25, 0.3) is 10.8 Å². The van der Waals surface area contributed by atoms with E-state index in [0.29, 0.717) is 29.7 Å². The summed E-state index contributed by atoms with van der Waals surface area (Å²) in [5.41, 5.74) is -1.69. The summed E-state index contributed by atoms with van der Waals surface area (Å²) in [6.45, 7) is 23.2. The molecule has 0 bridgehead atoms. The van der Waals surface area contributed by atoms with Gasteiger partial charge in [-0.1, -0.05) is 45.0 Å². The van der Waals surface area contributed by atoms with E-state index in [1.165, 1.54) is 0 Å². The van der Waals surface area contributed by atoms with Gasteiger partial charge in [0.05, 0.1) is 22.7 Å². The number of carbonyl (C=O) groups excluding carboxylic acids is 4. The molecule has 1 aliphatic rings. The van der Waals surface area contributed by atoms with Gasteiger partial charge in [0.2, 0.25) is 0 Å². The summed E-state index contributed by atoms with van der Waals surface area (Å²) < 4.78 is 26.4. The first kappa shape index (κ1) is 43.6. The number of aromatic hydroxyl groups is 1. The summed E-state index contributed by atoms with van der Waals surface area (Å²) in [7, 11) is 0. The monoisotopic (exact) mass is 722 g/mol. The number of phenols is 1. The number of ether oxygens (including phenoxy) is 5. The molecule has 10 nitrogen and oxygen atoms in total. The molecule has 3 aromatic rings. The van der Waals surface area contributed by atoms with Gasteiger partial charge in [0.25, 0.3) is 0 Å². The largest absolute Gasteiger partial charge is 0.507 e. The van der Waals surface area contributed by atoms with Crippen LogP contribution in [0.3, 0.4) is 0 Å². The van der Waals surface area contributed by atoms with Crippen LogP contribution in [0, 0.1) is 16.2 Å². The second-order valence-electron chi connectivity index (χ2n) is 15.7. The molecular formula is C42H58O10. The molecule has 0 radical (unpaired) electrons. The molecule has 0 saturated carbocycles. The van der Waals surface area contributed by atoms with Crippen molar-refractivity contribution in [3.8, 4) is 23.0 Å². The van der Waals surface area contributed by atoms with E-state index in [4.69, 9.17) is 23.7 Å². The molecule has 52 heavy (non-hydrogen) atoms. The van der Waals surface area contributed by atoms with E-state index in [1.807, 2.05) is 101 Å². The Labute approximate surface area is 309 Å². The molecule has 0 amide bonds. The Hall–Kier alpha value is -4.60. The highest BCUT2D eigenvalue weighted by Gasteiger charge is 2.33. The van der Waals surface area contributed by atoms with E-state index in [9.17, 15) is 24.3 Å². The predicted molar refractivity (Wildman–Crippen MR) is 201 cm³/mol. The minimum absolute atomic E-state index is 0.185. The zero-order valence-electron chi connectivity index (χ0n) is 33.0. The van der Waals surface area contributed by atoms with Crippen molar-refractivity contribution in [1.82, 2.24) is 0 Å². The Balaban J connectivity index is 0.000000274. The SMILES string of the molecule is CCC(C)(C)C(=O)OC1COC(=O)C1.CCC(C)(C)C(=O)Oc1ccc(OC(C)(C)C)cc1.CCC(C)(C)C(=O)Oc1cccc2c(O)cccc12. The number of esters is 4. The van der Waals surface area contributed by atoms with E-state index in [1.54, 1.807) is 42.5 Å². The first-order valence-electron chi connectivity index (χ1n) is 17.9. The minimum Gasteiger partial charge on any atom is -0.507 e. The van der Waals surface area contributed by atoms with Crippen LogP contribution in [0.4, 0.5) is 0 Å². The molecule has 286 valence electrons. The topological polar surface area (TPSA) is 135 Å². The highest BCUT2D eigenvalue weighted by Crippen LogP contribution is 2.33. The molecule has 3 aromatic carbocycles.